The monoisotopic (exact) mass is 973 g/mol. The van der Waals surface area contributed by atoms with Gasteiger partial charge in [-0.2, -0.15) is 0 Å². The van der Waals surface area contributed by atoms with Crippen LogP contribution >= 0.6 is 7.82 Å². The lowest BCUT2D eigenvalue weighted by Crippen LogP contribution is -2.64. The Morgan fingerprint density at radius 1 is 0.544 bits per heavy atom. The van der Waals surface area contributed by atoms with E-state index in [2.05, 4.69) is 92.8 Å². The van der Waals surface area contributed by atoms with E-state index in [0.29, 0.717) is 19.3 Å². The van der Waals surface area contributed by atoms with Gasteiger partial charge in [0.1, 0.15) is 43.2 Å². The van der Waals surface area contributed by atoms with Gasteiger partial charge in [-0.1, -0.05) is 160 Å². The van der Waals surface area contributed by atoms with E-state index in [-0.39, 0.29) is 19.3 Å². The van der Waals surface area contributed by atoms with Crippen LogP contribution in [0.2, 0.25) is 0 Å². The first-order valence-electron chi connectivity index (χ1n) is 24.1. The van der Waals surface area contributed by atoms with Gasteiger partial charge in [-0.3, -0.25) is 18.6 Å². The Bertz CT molecular complexity index is 1710. The summed E-state index contributed by atoms with van der Waals surface area (Å²) in [5, 5.41) is 60.5. The quantitative estimate of drug-likeness (QED) is 0.0101. The van der Waals surface area contributed by atoms with Crippen LogP contribution in [0.4, 0.5) is 0 Å². The first kappa shape index (κ1) is 62.0. The van der Waals surface area contributed by atoms with E-state index in [1.165, 1.54) is 19.3 Å². The Balaban J connectivity index is 2.61. The highest BCUT2D eigenvalue weighted by molar-refractivity contribution is 7.47. The summed E-state index contributed by atoms with van der Waals surface area (Å²) in [5.41, 5.74) is 0. The van der Waals surface area contributed by atoms with Crippen LogP contribution in [-0.4, -0.2) is 110 Å². The molecule has 1 rings (SSSR count). The highest BCUT2D eigenvalue weighted by Crippen LogP contribution is 2.47. The third-order valence-corrected chi connectivity index (χ3v) is 11.1. The average molecular weight is 973 g/mol. The summed E-state index contributed by atoms with van der Waals surface area (Å²) in [7, 11) is -5.20. The molecule has 9 atom stereocenters. The van der Waals surface area contributed by atoms with Crippen molar-refractivity contribution in [3.8, 4) is 0 Å². The van der Waals surface area contributed by atoms with Crippen LogP contribution < -0.4 is 0 Å². The van der Waals surface area contributed by atoms with Gasteiger partial charge >= 0.3 is 19.8 Å². The maximum atomic E-state index is 12.8. The number of carbonyl (C=O) groups is 2. The number of ether oxygens (including phenoxy) is 2. The standard InChI is InChI=1S/C53H81O14P/c1-3-5-7-9-11-13-15-17-18-19-20-21-22-24-26-28-30-32-36-40-46(55)64-42-45(43-65-68(62,63)67-53-51(60)49(58)48(57)50(59)52(53)61)66-47(56)41-37-33-35-39-44(54)38-34-31-29-27-25-23-16-14-12-10-8-6-4-2/h6,8,11-14,17-18,20-21,23-26,29-35,38,44-45,48-54,57-61H,3-5,7,9-10,15-16,19,22,27-28,36-37,39-43H2,1-2H3,(H,62,63)/b8-6-,13-11-,14-12-,18-17-,21-20-,25-23-,26-24-,31-29-,32-30-,35-33-,38-34-/t44?,45-,48?,49-,50+,51-,52-,53?/m1/s1. The summed E-state index contributed by atoms with van der Waals surface area (Å²) >= 11 is 0. The molecule has 0 saturated heterocycles. The molecule has 4 unspecified atom stereocenters. The fourth-order valence-corrected chi connectivity index (χ4v) is 7.17. The summed E-state index contributed by atoms with van der Waals surface area (Å²) in [6.07, 6.45) is 42.5. The van der Waals surface area contributed by atoms with E-state index in [0.717, 1.165) is 51.4 Å². The number of allylic oxidation sites excluding steroid dienone is 20. The van der Waals surface area contributed by atoms with Crippen molar-refractivity contribution in [1.29, 1.82) is 0 Å². The van der Waals surface area contributed by atoms with Crippen LogP contribution in [0.15, 0.2) is 134 Å². The third-order valence-electron chi connectivity index (χ3n) is 10.1. The van der Waals surface area contributed by atoms with Crippen LogP contribution in [0, 0.1) is 0 Å². The second kappa shape index (κ2) is 40.8. The number of hydrogen-bond acceptors (Lipinski definition) is 13. The molecule has 0 radical (unpaired) electrons. The predicted molar refractivity (Wildman–Crippen MR) is 268 cm³/mol. The molecule has 14 nitrogen and oxygen atoms in total. The molecule has 1 saturated carbocycles. The number of carbonyl (C=O) groups excluding carboxylic acids is 2. The molecule has 1 aliphatic rings. The number of rotatable bonds is 37. The molecule has 68 heavy (non-hydrogen) atoms. The summed E-state index contributed by atoms with van der Waals surface area (Å²) in [5.74, 6) is -1.39. The van der Waals surface area contributed by atoms with Crippen LogP contribution in [-0.2, 0) is 32.7 Å². The van der Waals surface area contributed by atoms with Crippen molar-refractivity contribution >= 4 is 19.8 Å². The second-order valence-electron chi connectivity index (χ2n) is 16.1. The van der Waals surface area contributed by atoms with Crippen molar-refractivity contribution in [2.24, 2.45) is 0 Å². The minimum Gasteiger partial charge on any atom is -0.462 e. The van der Waals surface area contributed by atoms with Gasteiger partial charge < -0.3 is 45.0 Å². The fraction of sp³-hybridized carbons (Fsp3) is 0.547. The highest BCUT2D eigenvalue weighted by atomic mass is 31.2. The van der Waals surface area contributed by atoms with Gasteiger partial charge in [0.25, 0.3) is 0 Å². The molecule has 1 fully saturated rings. The zero-order valence-corrected chi connectivity index (χ0v) is 41.1. The van der Waals surface area contributed by atoms with Gasteiger partial charge in [-0.15, -0.1) is 0 Å². The van der Waals surface area contributed by atoms with E-state index in [9.17, 15) is 49.7 Å². The summed E-state index contributed by atoms with van der Waals surface area (Å²) in [4.78, 5) is 35.7. The second-order valence-corrected chi connectivity index (χ2v) is 17.5. The van der Waals surface area contributed by atoms with Gasteiger partial charge in [0.15, 0.2) is 6.10 Å². The van der Waals surface area contributed by atoms with Gasteiger partial charge in [-0.25, -0.2) is 4.57 Å². The Hall–Kier alpha value is -4.05. The molecule has 0 spiro atoms. The Labute approximate surface area is 405 Å². The Morgan fingerprint density at radius 2 is 1.00 bits per heavy atom. The van der Waals surface area contributed by atoms with Crippen molar-refractivity contribution in [3.63, 3.8) is 0 Å². The SMILES string of the molecule is CC/C=C\C/C=C\C/C=C\C/C=C\C=C/C(O)C/C=C\CCC(=O)O[C@H](COC(=O)CC/C=C\C/C=C\C/C=C\C/C=C\C/C=C\CCCCC)COP(=O)(O)OC1[C@H](O)[C@H](O)C(O)[C@H](O)[C@H]1O. The molecule has 382 valence electrons. The molecule has 0 amide bonds. The number of hydrogen-bond donors (Lipinski definition) is 7. The van der Waals surface area contributed by atoms with Crippen LogP contribution in [0.5, 0.6) is 0 Å². The minimum atomic E-state index is -5.20. The maximum Gasteiger partial charge on any atom is 0.472 e. The number of unbranched alkanes of at least 4 members (excludes halogenated alkanes) is 3. The summed E-state index contributed by atoms with van der Waals surface area (Å²) in [6.45, 7) is 2.93. The van der Waals surface area contributed by atoms with E-state index in [1.54, 1.807) is 24.3 Å². The van der Waals surface area contributed by atoms with Gasteiger partial charge in [0.2, 0.25) is 0 Å². The first-order valence-corrected chi connectivity index (χ1v) is 25.6. The Kier molecular flexibility index (Phi) is 37.2. The summed E-state index contributed by atoms with van der Waals surface area (Å²) in [6, 6.07) is 0. The molecule has 1 aliphatic carbocycles. The van der Waals surface area contributed by atoms with Gasteiger partial charge in [0, 0.05) is 12.8 Å². The third kappa shape index (κ3) is 32.7. The van der Waals surface area contributed by atoms with Crippen LogP contribution in [0.3, 0.4) is 0 Å². The molecule has 0 aliphatic heterocycles. The smallest absolute Gasteiger partial charge is 0.462 e. The molecule has 15 heteroatoms. The zero-order valence-electron chi connectivity index (χ0n) is 40.2. The van der Waals surface area contributed by atoms with E-state index in [4.69, 9.17) is 18.5 Å². The normalized spacial score (nSPS) is 22.7. The lowest BCUT2D eigenvalue weighted by atomic mass is 9.85. The number of esters is 2. The highest BCUT2D eigenvalue weighted by Gasteiger charge is 2.51. The number of phosphoric acid groups is 1. The Morgan fingerprint density at radius 3 is 1.53 bits per heavy atom. The largest absolute Gasteiger partial charge is 0.472 e. The molecule has 0 bridgehead atoms. The van der Waals surface area contributed by atoms with Crippen LogP contribution in [0.1, 0.15) is 123 Å². The van der Waals surface area contributed by atoms with Gasteiger partial charge in [0.05, 0.1) is 12.7 Å². The van der Waals surface area contributed by atoms with Gasteiger partial charge in [-0.05, 0) is 83.5 Å². The van der Waals surface area contributed by atoms with Crippen molar-refractivity contribution in [2.45, 2.75) is 172 Å². The topological polar surface area (TPSA) is 230 Å². The maximum absolute atomic E-state index is 12.8. The number of aliphatic hydroxyl groups is 6. The molecule has 0 aromatic carbocycles. The predicted octanol–water partition coefficient (Wildman–Crippen LogP) is 8.91. The minimum absolute atomic E-state index is 0.00250. The lowest BCUT2D eigenvalue weighted by Gasteiger charge is -2.41. The molecule has 0 aromatic rings. The van der Waals surface area contributed by atoms with Crippen molar-refractivity contribution in [2.75, 3.05) is 13.2 Å². The molecule has 7 N–H and O–H groups in total. The zero-order chi connectivity index (χ0) is 50.1. The fourth-order valence-electron chi connectivity index (χ4n) is 6.20. The van der Waals surface area contributed by atoms with Crippen LogP contribution in [0.25, 0.3) is 0 Å². The van der Waals surface area contributed by atoms with Crippen molar-refractivity contribution < 1.29 is 68.2 Å². The molecule has 0 aromatic heterocycles. The van der Waals surface area contributed by atoms with E-state index in [1.807, 2.05) is 30.4 Å². The van der Waals surface area contributed by atoms with E-state index >= 15 is 0 Å². The molecular weight excluding hydrogens is 892 g/mol. The average Bonchev–Trinajstić information content (AvgIpc) is 3.32. The number of aliphatic hydroxyl groups excluding tert-OH is 6. The summed E-state index contributed by atoms with van der Waals surface area (Å²) < 4.78 is 33.3. The number of phosphoric ester groups is 1. The lowest BCUT2D eigenvalue weighted by molar-refractivity contribution is -0.220. The molecule has 0 heterocycles. The van der Waals surface area contributed by atoms with Crippen molar-refractivity contribution in [3.05, 3.63) is 134 Å². The van der Waals surface area contributed by atoms with E-state index < -0.39 is 81.8 Å². The molecular formula is C53H81O14P. The first-order chi connectivity index (χ1) is 32.8. The van der Waals surface area contributed by atoms with Crippen molar-refractivity contribution in [1.82, 2.24) is 0 Å².